The lowest BCUT2D eigenvalue weighted by molar-refractivity contribution is 0.0920. The number of carbonyl (C=O) groups excluding carboxylic acids is 1. The summed E-state index contributed by atoms with van der Waals surface area (Å²) in [6.45, 7) is 8.79. The van der Waals surface area contributed by atoms with Crippen molar-refractivity contribution in [1.29, 1.82) is 0 Å². The minimum absolute atomic E-state index is 0.119. The minimum Gasteiger partial charge on any atom is -0.455 e. The van der Waals surface area contributed by atoms with Crippen molar-refractivity contribution in [2.75, 3.05) is 6.54 Å². The molecule has 142 valence electrons. The first kappa shape index (κ1) is 20.2. The van der Waals surface area contributed by atoms with Crippen LogP contribution >= 0.6 is 0 Å². The molecule has 0 atom stereocenters. The maximum atomic E-state index is 12.2. The Labute approximate surface area is 157 Å². The molecule has 4 heteroatoms. The van der Waals surface area contributed by atoms with Crippen LogP contribution in [-0.4, -0.2) is 23.4 Å². The van der Waals surface area contributed by atoms with E-state index in [9.17, 15) is 4.79 Å². The lowest BCUT2D eigenvalue weighted by Crippen LogP contribution is -2.29. The van der Waals surface area contributed by atoms with Crippen LogP contribution in [0, 0.1) is 0 Å². The van der Waals surface area contributed by atoms with Gasteiger partial charge in [-0.1, -0.05) is 56.5 Å². The summed E-state index contributed by atoms with van der Waals surface area (Å²) < 4.78 is 5.79. The van der Waals surface area contributed by atoms with Crippen LogP contribution in [0.4, 0.5) is 0 Å². The Balaban J connectivity index is 1.87. The standard InChI is InChI=1S/C22H32N2O2/c1-4-5-6-10-15-23-22(25)21-14-13-20(26-21)17-24(18(2)3)16-19-11-8-7-9-12-19/h7-9,11-14,18H,4-6,10,15-17H2,1-3H3,(H,23,25). The predicted octanol–water partition coefficient (Wildman–Crippen LogP) is 5.00. The van der Waals surface area contributed by atoms with Crippen molar-refractivity contribution in [3.63, 3.8) is 0 Å². The smallest absolute Gasteiger partial charge is 0.286 e. The van der Waals surface area contributed by atoms with E-state index >= 15 is 0 Å². The third kappa shape index (κ3) is 6.68. The summed E-state index contributed by atoms with van der Waals surface area (Å²) in [6.07, 6.45) is 4.59. The molecular formula is C22H32N2O2. The van der Waals surface area contributed by atoms with Gasteiger partial charge >= 0.3 is 0 Å². The molecule has 4 nitrogen and oxygen atoms in total. The van der Waals surface area contributed by atoms with Crippen molar-refractivity contribution in [3.05, 3.63) is 59.5 Å². The number of hydrogen-bond acceptors (Lipinski definition) is 3. The second-order valence-electron chi connectivity index (χ2n) is 7.07. The molecule has 0 aliphatic heterocycles. The van der Waals surface area contributed by atoms with Gasteiger partial charge in [0.05, 0.1) is 6.54 Å². The fraction of sp³-hybridized carbons (Fsp3) is 0.500. The molecule has 0 fully saturated rings. The van der Waals surface area contributed by atoms with Gasteiger partial charge in [-0.3, -0.25) is 9.69 Å². The highest BCUT2D eigenvalue weighted by Gasteiger charge is 2.15. The monoisotopic (exact) mass is 356 g/mol. The third-order valence-corrected chi connectivity index (χ3v) is 4.52. The lowest BCUT2D eigenvalue weighted by Gasteiger charge is -2.25. The average molecular weight is 357 g/mol. The van der Waals surface area contributed by atoms with Crippen LogP contribution in [0.5, 0.6) is 0 Å². The molecule has 1 aromatic carbocycles. The van der Waals surface area contributed by atoms with Gasteiger partial charge in [0, 0.05) is 19.1 Å². The van der Waals surface area contributed by atoms with Crippen molar-refractivity contribution in [1.82, 2.24) is 10.2 Å². The molecule has 0 radical (unpaired) electrons. The van der Waals surface area contributed by atoms with E-state index in [0.717, 1.165) is 25.1 Å². The Morgan fingerprint density at radius 3 is 2.50 bits per heavy atom. The van der Waals surface area contributed by atoms with E-state index < -0.39 is 0 Å². The molecule has 0 bridgehead atoms. The lowest BCUT2D eigenvalue weighted by atomic mass is 10.2. The largest absolute Gasteiger partial charge is 0.455 e. The maximum absolute atomic E-state index is 12.2. The van der Waals surface area contributed by atoms with Crippen molar-refractivity contribution in [3.8, 4) is 0 Å². The number of carbonyl (C=O) groups is 1. The second-order valence-corrected chi connectivity index (χ2v) is 7.07. The molecule has 0 saturated heterocycles. The average Bonchev–Trinajstić information content (AvgIpc) is 3.10. The number of benzene rings is 1. The zero-order chi connectivity index (χ0) is 18.8. The molecule has 0 spiro atoms. The first-order valence-electron chi connectivity index (χ1n) is 9.75. The van der Waals surface area contributed by atoms with E-state index in [1.165, 1.54) is 18.4 Å². The van der Waals surface area contributed by atoms with Gasteiger partial charge in [0.15, 0.2) is 5.76 Å². The van der Waals surface area contributed by atoms with Gasteiger partial charge in [-0.2, -0.15) is 0 Å². The predicted molar refractivity (Wildman–Crippen MR) is 106 cm³/mol. The van der Waals surface area contributed by atoms with Crippen LogP contribution in [-0.2, 0) is 13.1 Å². The minimum atomic E-state index is -0.119. The van der Waals surface area contributed by atoms with E-state index in [1.54, 1.807) is 6.07 Å². The number of amides is 1. The summed E-state index contributed by atoms with van der Waals surface area (Å²) in [5.74, 6) is 1.11. The molecular weight excluding hydrogens is 324 g/mol. The molecule has 0 unspecified atom stereocenters. The summed E-state index contributed by atoms with van der Waals surface area (Å²) >= 11 is 0. The molecule has 2 aromatic rings. The van der Waals surface area contributed by atoms with Crippen molar-refractivity contribution in [2.24, 2.45) is 0 Å². The zero-order valence-electron chi connectivity index (χ0n) is 16.3. The van der Waals surface area contributed by atoms with E-state index in [0.29, 0.717) is 24.9 Å². The molecule has 1 amide bonds. The highest BCUT2D eigenvalue weighted by Crippen LogP contribution is 2.15. The van der Waals surface area contributed by atoms with Gasteiger partial charge in [0.1, 0.15) is 5.76 Å². The number of hydrogen-bond donors (Lipinski definition) is 1. The van der Waals surface area contributed by atoms with Crippen LogP contribution in [0.3, 0.4) is 0 Å². The van der Waals surface area contributed by atoms with E-state index in [1.807, 2.05) is 12.1 Å². The van der Waals surface area contributed by atoms with Crippen LogP contribution in [0.1, 0.15) is 68.3 Å². The van der Waals surface area contributed by atoms with Crippen LogP contribution in [0.15, 0.2) is 46.9 Å². The summed E-state index contributed by atoms with van der Waals surface area (Å²) in [7, 11) is 0. The Bertz CT molecular complexity index is 649. The Morgan fingerprint density at radius 1 is 1.04 bits per heavy atom. The quantitative estimate of drug-likeness (QED) is 0.576. The summed E-state index contributed by atoms with van der Waals surface area (Å²) in [6, 6.07) is 14.5. The summed E-state index contributed by atoms with van der Waals surface area (Å²) in [4.78, 5) is 14.5. The fourth-order valence-corrected chi connectivity index (χ4v) is 2.86. The molecule has 0 saturated carbocycles. The molecule has 26 heavy (non-hydrogen) atoms. The molecule has 1 N–H and O–H groups in total. The topological polar surface area (TPSA) is 45.5 Å². The number of nitrogens with zero attached hydrogens (tertiary/aromatic N) is 1. The molecule has 0 aliphatic rings. The van der Waals surface area contributed by atoms with Crippen molar-refractivity contribution >= 4 is 5.91 Å². The maximum Gasteiger partial charge on any atom is 0.286 e. The Morgan fingerprint density at radius 2 is 1.81 bits per heavy atom. The molecule has 2 rings (SSSR count). The SMILES string of the molecule is CCCCCCNC(=O)c1ccc(CN(Cc2ccccc2)C(C)C)o1. The highest BCUT2D eigenvalue weighted by atomic mass is 16.4. The fourth-order valence-electron chi connectivity index (χ4n) is 2.86. The Hall–Kier alpha value is -2.07. The molecule has 1 aromatic heterocycles. The second kappa shape index (κ2) is 10.8. The Kier molecular flexibility index (Phi) is 8.42. The van der Waals surface area contributed by atoms with Crippen LogP contribution < -0.4 is 5.32 Å². The van der Waals surface area contributed by atoms with Gasteiger partial charge in [0.2, 0.25) is 0 Å². The number of unbranched alkanes of at least 4 members (excludes halogenated alkanes) is 3. The van der Waals surface area contributed by atoms with Crippen LogP contribution in [0.25, 0.3) is 0 Å². The van der Waals surface area contributed by atoms with Gasteiger partial charge in [-0.25, -0.2) is 0 Å². The first-order chi connectivity index (χ1) is 12.6. The highest BCUT2D eigenvalue weighted by molar-refractivity contribution is 5.91. The summed E-state index contributed by atoms with van der Waals surface area (Å²) in [5, 5.41) is 2.94. The molecule has 0 aliphatic carbocycles. The van der Waals surface area contributed by atoms with Gasteiger partial charge < -0.3 is 9.73 Å². The zero-order valence-corrected chi connectivity index (χ0v) is 16.3. The van der Waals surface area contributed by atoms with Gasteiger partial charge in [0.25, 0.3) is 5.91 Å². The van der Waals surface area contributed by atoms with Crippen LogP contribution in [0.2, 0.25) is 0 Å². The van der Waals surface area contributed by atoms with E-state index in [-0.39, 0.29) is 5.91 Å². The van der Waals surface area contributed by atoms with Gasteiger partial charge in [-0.05, 0) is 38.0 Å². The van der Waals surface area contributed by atoms with Crippen molar-refractivity contribution in [2.45, 2.75) is 65.6 Å². The molecule has 1 heterocycles. The number of furan rings is 1. The number of rotatable bonds is 11. The summed E-state index contributed by atoms with van der Waals surface area (Å²) in [5.41, 5.74) is 1.28. The van der Waals surface area contributed by atoms with Crippen molar-refractivity contribution < 1.29 is 9.21 Å². The third-order valence-electron chi connectivity index (χ3n) is 4.52. The van der Waals surface area contributed by atoms with E-state index in [2.05, 4.69) is 55.3 Å². The van der Waals surface area contributed by atoms with Gasteiger partial charge in [-0.15, -0.1) is 0 Å². The van der Waals surface area contributed by atoms with E-state index in [4.69, 9.17) is 4.42 Å². The number of nitrogens with one attached hydrogen (secondary N) is 1. The first-order valence-corrected chi connectivity index (χ1v) is 9.75. The normalized spacial score (nSPS) is 11.3.